The van der Waals surface area contributed by atoms with E-state index in [1.54, 1.807) is 0 Å². The zero-order chi connectivity index (χ0) is 23.2. The predicted octanol–water partition coefficient (Wildman–Crippen LogP) is 5.33. The van der Waals surface area contributed by atoms with Gasteiger partial charge < -0.3 is 19.7 Å². The fraction of sp³-hybridized carbons (Fsp3) is 0.321. The standard InChI is InChI=1S/C28H33N3O2/c1-20-16-26-27(17-21(20)2)31(19-30-26)15-7-14-29-22(3)28(32)24-10-12-25(13-11-24)33-18-23-8-5-4-6-9-23/h4-6,8-13,16-17,19,22,28-29,32H,7,14-15,18H2,1-3H3. The van der Waals surface area contributed by atoms with Crippen molar-refractivity contribution < 1.29 is 9.84 Å². The molecule has 0 saturated heterocycles. The summed E-state index contributed by atoms with van der Waals surface area (Å²) >= 11 is 0. The van der Waals surface area contributed by atoms with E-state index in [0.717, 1.165) is 41.9 Å². The Morgan fingerprint density at radius 3 is 2.48 bits per heavy atom. The third-order valence-corrected chi connectivity index (χ3v) is 6.22. The molecule has 172 valence electrons. The first-order chi connectivity index (χ1) is 16.0. The highest BCUT2D eigenvalue weighted by Crippen LogP contribution is 2.22. The molecule has 1 aromatic heterocycles. The molecule has 0 aliphatic rings. The number of aromatic nitrogens is 2. The molecule has 0 aliphatic heterocycles. The zero-order valence-corrected chi connectivity index (χ0v) is 19.7. The summed E-state index contributed by atoms with van der Waals surface area (Å²) in [4.78, 5) is 4.53. The van der Waals surface area contributed by atoms with Crippen LogP contribution in [0.3, 0.4) is 0 Å². The molecule has 0 aliphatic carbocycles. The van der Waals surface area contributed by atoms with Crippen molar-refractivity contribution in [3.05, 3.63) is 95.3 Å². The van der Waals surface area contributed by atoms with Crippen LogP contribution < -0.4 is 10.1 Å². The molecular weight excluding hydrogens is 410 g/mol. The van der Waals surface area contributed by atoms with Crippen LogP contribution in [0.25, 0.3) is 11.0 Å². The number of ether oxygens (including phenoxy) is 1. The summed E-state index contributed by atoms with van der Waals surface area (Å²) in [6, 6.07) is 22.1. The van der Waals surface area contributed by atoms with E-state index >= 15 is 0 Å². The Kier molecular flexibility index (Phi) is 7.43. The Balaban J connectivity index is 1.24. The van der Waals surface area contributed by atoms with E-state index in [0.29, 0.717) is 6.61 Å². The largest absolute Gasteiger partial charge is 0.489 e. The average Bonchev–Trinajstić information content (AvgIpc) is 3.22. The van der Waals surface area contributed by atoms with Gasteiger partial charge in [-0.3, -0.25) is 0 Å². The van der Waals surface area contributed by atoms with Crippen LogP contribution in [0.2, 0.25) is 0 Å². The Labute approximate surface area is 196 Å². The maximum Gasteiger partial charge on any atom is 0.119 e. The van der Waals surface area contributed by atoms with Crippen molar-refractivity contribution in [1.82, 2.24) is 14.9 Å². The molecule has 3 aromatic carbocycles. The molecular formula is C28H33N3O2. The monoisotopic (exact) mass is 443 g/mol. The lowest BCUT2D eigenvalue weighted by molar-refractivity contribution is 0.136. The summed E-state index contributed by atoms with van der Waals surface area (Å²) in [6.45, 7) is 8.52. The number of nitrogens with one attached hydrogen (secondary N) is 1. The third-order valence-electron chi connectivity index (χ3n) is 6.22. The molecule has 2 N–H and O–H groups in total. The number of imidazole rings is 1. The number of nitrogens with zero attached hydrogens (tertiary/aromatic N) is 2. The number of aliphatic hydroxyl groups excluding tert-OH is 1. The van der Waals surface area contributed by atoms with Crippen LogP contribution in [0.15, 0.2) is 73.1 Å². The summed E-state index contributed by atoms with van der Waals surface area (Å²) in [6.07, 6.45) is 2.30. The lowest BCUT2D eigenvalue weighted by atomic mass is 10.0. The van der Waals surface area contributed by atoms with Crippen LogP contribution in [0.4, 0.5) is 0 Å². The molecule has 2 unspecified atom stereocenters. The van der Waals surface area contributed by atoms with Crippen molar-refractivity contribution in [1.29, 1.82) is 0 Å². The van der Waals surface area contributed by atoms with Crippen molar-refractivity contribution in [2.24, 2.45) is 0 Å². The minimum Gasteiger partial charge on any atom is -0.489 e. The molecule has 0 bridgehead atoms. The Hall–Kier alpha value is -3.15. The second kappa shape index (κ2) is 10.6. The second-order valence-electron chi connectivity index (χ2n) is 8.75. The summed E-state index contributed by atoms with van der Waals surface area (Å²) in [5.74, 6) is 0.799. The molecule has 0 radical (unpaired) electrons. The first-order valence-electron chi connectivity index (χ1n) is 11.6. The normalized spacial score (nSPS) is 13.2. The SMILES string of the molecule is Cc1cc2ncn(CCCNC(C)C(O)c3ccc(OCc4ccccc4)cc3)c2cc1C. The number of rotatable bonds is 10. The number of aliphatic hydroxyl groups is 1. The number of fused-ring (bicyclic) bond motifs is 1. The molecule has 4 aromatic rings. The van der Waals surface area contributed by atoms with Gasteiger partial charge in [0.15, 0.2) is 0 Å². The van der Waals surface area contributed by atoms with Crippen molar-refractivity contribution in [2.45, 2.75) is 52.5 Å². The van der Waals surface area contributed by atoms with Crippen LogP contribution in [0.1, 0.15) is 41.7 Å². The first-order valence-corrected chi connectivity index (χ1v) is 11.6. The molecule has 0 amide bonds. The van der Waals surface area contributed by atoms with Gasteiger partial charge in [-0.25, -0.2) is 4.98 Å². The van der Waals surface area contributed by atoms with E-state index < -0.39 is 6.10 Å². The maximum atomic E-state index is 10.8. The second-order valence-corrected chi connectivity index (χ2v) is 8.75. The summed E-state index contributed by atoms with van der Waals surface area (Å²) in [5.41, 5.74) is 6.80. The van der Waals surface area contributed by atoms with E-state index in [9.17, 15) is 5.11 Å². The third kappa shape index (κ3) is 5.81. The predicted molar refractivity (Wildman–Crippen MR) is 133 cm³/mol. The van der Waals surface area contributed by atoms with Crippen molar-refractivity contribution in [2.75, 3.05) is 6.54 Å². The molecule has 0 fully saturated rings. The van der Waals surface area contributed by atoms with Gasteiger partial charge in [-0.1, -0.05) is 42.5 Å². The van der Waals surface area contributed by atoms with Gasteiger partial charge in [0, 0.05) is 12.6 Å². The average molecular weight is 444 g/mol. The quantitative estimate of drug-likeness (QED) is 0.325. The molecule has 4 rings (SSSR count). The van der Waals surface area contributed by atoms with Crippen LogP contribution >= 0.6 is 0 Å². The highest BCUT2D eigenvalue weighted by Gasteiger charge is 2.16. The van der Waals surface area contributed by atoms with Gasteiger partial charge in [-0.05, 0) is 80.3 Å². The van der Waals surface area contributed by atoms with Gasteiger partial charge in [0.1, 0.15) is 12.4 Å². The molecule has 2 atom stereocenters. The number of hydrogen-bond acceptors (Lipinski definition) is 4. The van der Waals surface area contributed by atoms with Gasteiger partial charge in [-0.2, -0.15) is 0 Å². The van der Waals surface area contributed by atoms with Crippen molar-refractivity contribution in [3.8, 4) is 5.75 Å². The summed E-state index contributed by atoms with van der Waals surface area (Å²) in [7, 11) is 0. The van der Waals surface area contributed by atoms with E-state index in [4.69, 9.17) is 4.74 Å². The Bertz CT molecular complexity index is 1170. The molecule has 5 nitrogen and oxygen atoms in total. The minimum atomic E-state index is -0.576. The van der Waals surface area contributed by atoms with E-state index in [1.807, 2.05) is 67.8 Å². The van der Waals surface area contributed by atoms with E-state index in [1.165, 1.54) is 16.6 Å². The smallest absolute Gasteiger partial charge is 0.119 e. The van der Waals surface area contributed by atoms with E-state index in [-0.39, 0.29) is 6.04 Å². The number of aryl methyl sites for hydroxylation is 3. The lowest BCUT2D eigenvalue weighted by Gasteiger charge is -2.21. The Morgan fingerprint density at radius 1 is 1.00 bits per heavy atom. The summed E-state index contributed by atoms with van der Waals surface area (Å²) < 4.78 is 8.05. The molecule has 1 heterocycles. The van der Waals surface area contributed by atoms with Crippen LogP contribution in [-0.4, -0.2) is 27.2 Å². The zero-order valence-electron chi connectivity index (χ0n) is 19.7. The highest BCUT2D eigenvalue weighted by atomic mass is 16.5. The number of benzene rings is 3. The molecule has 0 spiro atoms. The van der Waals surface area contributed by atoms with Crippen LogP contribution in [-0.2, 0) is 13.2 Å². The van der Waals surface area contributed by atoms with Gasteiger partial charge in [0.25, 0.3) is 0 Å². The van der Waals surface area contributed by atoms with Gasteiger partial charge in [0.2, 0.25) is 0 Å². The number of hydrogen-bond donors (Lipinski definition) is 2. The maximum absolute atomic E-state index is 10.8. The molecule has 0 saturated carbocycles. The first kappa shape index (κ1) is 23.0. The Morgan fingerprint density at radius 2 is 1.73 bits per heavy atom. The molecule has 5 heteroatoms. The summed E-state index contributed by atoms with van der Waals surface area (Å²) in [5, 5.41) is 14.2. The highest BCUT2D eigenvalue weighted by molar-refractivity contribution is 5.77. The van der Waals surface area contributed by atoms with Gasteiger partial charge in [-0.15, -0.1) is 0 Å². The fourth-order valence-corrected chi connectivity index (χ4v) is 3.97. The fourth-order valence-electron chi connectivity index (χ4n) is 3.97. The van der Waals surface area contributed by atoms with Crippen molar-refractivity contribution >= 4 is 11.0 Å². The van der Waals surface area contributed by atoms with Crippen LogP contribution in [0.5, 0.6) is 5.75 Å². The van der Waals surface area contributed by atoms with E-state index in [2.05, 4.69) is 40.8 Å². The lowest BCUT2D eigenvalue weighted by Crippen LogP contribution is -2.33. The van der Waals surface area contributed by atoms with Crippen molar-refractivity contribution in [3.63, 3.8) is 0 Å². The topological polar surface area (TPSA) is 59.3 Å². The minimum absolute atomic E-state index is 0.0505. The van der Waals surface area contributed by atoms with Crippen LogP contribution in [0, 0.1) is 13.8 Å². The van der Waals surface area contributed by atoms with Gasteiger partial charge in [0.05, 0.1) is 23.5 Å². The van der Waals surface area contributed by atoms with Gasteiger partial charge >= 0.3 is 0 Å². The molecule has 33 heavy (non-hydrogen) atoms.